The normalized spacial score (nSPS) is 14.8. The van der Waals surface area contributed by atoms with Crippen LogP contribution < -0.4 is 10.1 Å². The van der Waals surface area contributed by atoms with Gasteiger partial charge < -0.3 is 15.0 Å². The summed E-state index contributed by atoms with van der Waals surface area (Å²) in [6.07, 6.45) is 5.54. The van der Waals surface area contributed by atoms with Crippen LogP contribution in [0.3, 0.4) is 0 Å². The fourth-order valence-electron chi connectivity index (χ4n) is 4.05. The minimum Gasteiger partial charge on any atom is -0.484 e. The van der Waals surface area contributed by atoms with Gasteiger partial charge in [-0.2, -0.15) is 0 Å². The van der Waals surface area contributed by atoms with Crippen molar-refractivity contribution >= 4 is 23.4 Å². The number of carbonyl (C=O) groups is 2. The molecule has 31 heavy (non-hydrogen) atoms. The first kappa shape index (κ1) is 23.1. The highest BCUT2D eigenvalue weighted by Gasteiger charge is 2.30. The quantitative estimate of drug-likeness (QED) is 0.583. The second-order valence-electron chi connectivity index (χ2n) is 7.98. The molecule has 1 fully saturated rings. The molecule has 5 nitrogen and oxygen atoms in total. The van der Waals surface area contributed by atoms with Crippen LogP contribution in [0.25, 0.3) is 0 Å². The van der Waals surface area contributed by atoms with Crippen molar-refractivity contribution in [3.05, 3.63) is 65.2 Å². The molecule has 0 radical (unpaired) electrons. The van der Waals surface area contributed by atoms with Crippen LogP contribution in [0.1, 0.15) is 44.6 Å². The first-order valence-corrected chi connectivity index (χ1v) is 11.5. The molecule has 0 unspecified atom stereocenters. The third-order valence-electron chi connectivity index (χ3n) is 5.73. The molecule has 0 heterocycles. The standard InChI is InChI=1S/C25H31ClN2O3/c1-2-23(25(30)27-21-12-6-7-13-21)28(16-15-19-9-4-3-5-10-19)24(29)18-31-22-14-8-11-20(26)17-22/h3-5,8-11,14,17,21,23H,2,6-7,12-13,15-16,18H2,1H3,(H,27,30)/t23-/m0/s1. The van der Waals surface area contributed by atoms with Crippen molar-refractivity contribution in [3.63, 3.8) is 0 Å². The Hall–Kier alpha value is -2.53. The Morgan fingerprint density at radius 3 is 2.55 bits per heavy atom. The van der Waals surface area contributed by atoms with Gasteiger partial charge in [0.05, 0.1) is 0 Å². The number of nitrogens with zero attached hydrogens (tertiary/aromatic N) is 1. The van der Waals surface area contributed by atoms with E-state index in [1.165, 1.54) is 0 Å². The highest BCUT2D eigenvalue weighted by atomic mass is 35.5. The summed E-state index contributed by atoms with van der Waals surface area (Å²) in [6.45, 7) is 2.26. The van der Waals surface area contributed by atoms with Crippen LogP contribution in [0.15, 0.2) is 54.6 Å². The molecule has 0 aromatic heterocycles. The summed E-state index contributed by atoms with van der Waals surface area (Å²) in [7, 11) is 0. The minimum atomic E-state index is -0.514. The highest BCUT2D eigenvalue weighted by Crippen LogP contribution is 2.20. The summed E-state index contributed by atoms with van der Waals surface area (Å²) in [4.78, 5) is 27.9. The first-order valence-electron chi connectivity index (χ1n) is 11.1. The second kappa shape index (κ2) is 11.8. The summed E-state index contributed by atoms with van der Waals surface area (Å²) in [6, 6.07) is 16.7. The molecule has 3 rings (SSSR count). The van der Waals surface area contributed by atoms with Gasteiger partial charge in [-0.15, -0.1) is 0 Å². The molecule has 2 amide bonds. The predicted molar refractivity (Wildman–Crippen MR) is 123 cm³/mol. The zero-order valence-corrected chi connectivity index (χ0v) is 18.8. The number of amides is 2. The van der Waals surface area contributed by atoms with Gasteiger partial charge in [-0.3, -0.25) is 9.59 Å². The van der Waals surface area contributed by atoms with Crippen LogP contribution in [0, 0.1) is 0 Å². The van der Waals surface area contributed by atoms with E-state index in [0.29, 0.717) is 30.2 Å². The van der Waals surface area contributed by atoms with Crippen LogP contribution >= 0.6 is 11.6 Å². The van der Waals surface area contributed by atoms with Crippen molar-refractivity contribution in [1.82, 2.24) is 10.2 Å². The van der Waals surface area contributed by atoms with E-state index in [0.717, 1.165) is 31.2 Å². The van der Waals surface area contributed by atoms with Crippen LogP contribution in [0.5, 0.6) is 5.75 Å². The number of hydrogen-bond donors (Lipinski definition) is 1. The van der Waals surface area contributed by atoms with E-state index in [9.17, 15) is 9.59 Å². The molecule has 2 aromatic rings. The molecule has 1 N–H and O–H groups in total. The maximum atomic E-state index is 13.2. The Balaban J connectivity index is 1.69. The molecular weight excluding hydrogens is 412 g/mol. The van der Waals surface area contributed by atoms with Crippen molar-refractivity contribution in [2.24, 2.45) is 0 Å². The zero-order chi connectivity index (χ0) is 22.1. The maximum Gasteiger partial charge on any atom is 0.261 e. The summed E-state index contributed by atoms with van der Waals surface area (Å²) >= 11 is 6.01. The molecule has 0 spiro atoms. The summed E-state index contributed by atoms with van der Waals surface area (Å²) in [5.74, 6) is 0.259. The monoisotopic (exact) mass is 442 g/mol. The molecular formula is C25H31ClN2O3. The lowest BCUT2D eigenvalue weighted by Crippen LogP contribution is -2.52. The Morgan fingerprint density at radius 1 is 1.13 bits per heavy atom. The van der Waals surface area contributed by atoms with E-state index in [2.05, 4.69) is 5.32 Å². The third kappa shape index (κ3) is 7.00. The lowest BCUT2D eigenvalue weighted by molar-refractivity contribution is -0.142. The van der Waals surface area contributed by atoms with Crippen LogP contribution in [-0.2, 0) is 16.0 Å². The van der Waals surface area contributed by atoms with Gasteiger partial charge in [0.2, 0.25) is 5.91 Å². The van der Waals surface area contributed by atoms with Gasteiger partial charge in [0, 0.05) is 17.6 Å². The van der Waals surface area contributed by atoms with Crippen molar-refractivity contribution < 1.29 is 14.3 Å². The second-order valence-corrected chi connectivity index (χ2v) is 8.42. The molecule has 6 heteroatoms. The van der Waals surface area contributed by atoms with E-state index < -0.39 is 6.04 Å². The molecule has 1 aliphatic rings. The number of hydrogen-bond acceptors (Lipinski definition) is 3. The molecule has 1 aliphatic carbocycles. The summed E-state index contributed by atoms with van der Waals surface area (Å²) < 4.78 is 5.68. The number of benzene rings is 2. The van der Waals surface area contributed by atoms with E-state index in [1.54, 1.807) is 29.2 Å². The van der Waals surface area contributed by atoms with E-state index in [-0.39, 0.29) is 24.5 Å². The predicted octanol–water partition coefficient (Wildman–Crippen LogP) is 4.63. The van der Waals surface area contributed by atoms with E-state index in [1.807, 2.05) is 37.3 Å². The van der Waals surface area contributed by atoms with Gasteiger partial charge in [0.25, 0.3) is 5.91 Å². The van der Waals surface area contributed by atoms with Gasteiger partial charge >= 0.3 is 0 Å². The molecule has 1 saturated carbocycles. The summed E-state index contributed by atoms with van der Waals surface area (Å²) in [5, 5.41) is 3.70. The van der Waals surface area contributed by atoms with Gasteiger partial charge in [0.15, 0.2) is 6.61 Å². The fourth-order valence-corrected chi connectivity index (χ4v) is 4.23. The number of halogens is 1. The Labute approximate surface area is 189 Å². The van der Waals surface area contributed by atoms with Crippen LogP contribution in [0.2, 0.25) is 5.02 Å². The van der Waals surface area contributed by atoms with Crippen molar-refractivity contribution in [3.8, 4) is 5.75 Å². The number of carbonyl (C=O) groups excluding carboxylic acids is 2. The first-order chi connectivity index (χ1) is 15.1. The fraction of sp³-hybridized carbons (Fsp3) is 0.440. The van der Waals surface area contributed by atoms with Gasteiger partial charge in [-0.25, -0.2) is 0 Å². The zero-order valence-electron chi connectivity index (χ0n) is 18.1. The molecule has 1 atom stereocenters. The van der Waals surface area contributed by atoms with Gasteiger partial charge in [-0.05, 0) is 49.4 Å². The third-order valence-corrected chi connectivity index (χ3v) is 5.97. The van der Waals surface area contributed by atoms with Crippen molar-refractivity contribution in [1.29, 1.82) is 0 Å². The molecule has 0 aliphatic heterocycles. The van der Waals surface area contributed by atoms with Crippen molar-refractivity contribution in [2.75, 3.05) is 13.2 Å². The largest absolute Gasteiger partial charge is 0.484 e. The van der Waals surface area contributed by atoms with E-state index in [4.69, 9.17) is 16.3 Å². The van der Waals surface area contributed by atoms with Crippen molar-refractivity contribution in [2.45, 2.75) is 57.5 Å². The topological polar surface area (TPSA) is 58.6 Å². The smallest absolute Gasteiger partial charge is 0.261 e. The minimum absolute atomic E-state index is 0.0708. The maximum absolute atomic E-state index is 13.2. The van der Waals surface area contributed by atoms with Crippen LogP contribution in [-0.4, -0.2) is 41.9 Å². The Morgan fingerprint density at radius 2 is 1.87 bits per heavy atom. The molecule has 166 valence electrons. The van der Waals surface area contributed by atoms with Gasteiger partial charge in [0.1, 0.15) is 11.8 Å². The lowest BCUT2D eigenvalue weighted by atomic mass is 10.1. The highest BCUT2D eigenvalue weighted by molar-refractivity contribution is 6.30. The number of ether oxygens (including phenoxy) is 1. The molecule has 2 aromatic carbocycles. The summed E-state index contributed by atoms with van der Waals surface area (Å²) in [5.41, 5.74) is 1.13. The van der Waals surface area contributed by atoms with E-state index >= 15 is 0 Å². The lowest BCUT2D eigenvalue weighted by Gasteiger charge is -2.31. The number of nitrogens with one attached hydrogen (secondary N) is 1. The van der Waals surface area contributed by atoms with Gasteiger partial charge in [-0.1, -0.05) is 67.8 Å². The molecule has 0 bridgehead atoms. The molecule has 0 saturated heterocycles. The Bertz CT molecular complexity index is 853. The Kier molecular flexibility index (Phi) is 8.77. The average molecular weight is 443 g/mol. The number of rotatable bonds is 10. The SMILES string of the molecule is CC[C@@H](C(=O)NC1CCCC1)N(CCc1ccccc1)C(=O)COc1cccc(Cl)c1. The van der Waals surface area contributed by atoms with Crippen LogP contribution in [0.4, 0.5) is 0 Å². The average Bonchev–Trinajstić information content (AvgIpc) is 3.28.